The lowest BCUT2D eigenvalue weighted by molar-refractivity contribution is 0.0995. The normalized spacial score (nSPS) is 10.8. The van der Waals surface area contributed by atoms with Crippen molar-refractivity contribution in [2.24, 2.45) is 0 Å². The molecule has 0 bridgehead atoms. The van der Waals surface area contributed by atoms with Gasteiger partial charge in [-0.05, 0) is 36.6 Å². The molecule has 0 atom stereocenters. The molecule has 1 N–H and O–H groups in total. The van der Waals surface area contributed by atoms with E-state index in [1.54, 1.807) is 13.0 Å². The SMILES string of the molecule is Cc1oc(C(=O)Nc2ccc(C(C)C)cc2)cc1CCl. The van der Waals surface area contributed by atoms with Gasteiger partial charge < -0.3 is 9.73 Å². The molecule has 20 heavy (non-hydrogen) atoms. The Bertz CT molecular complexity index is 599. The number of rotatable bonds is 4. The molecule has 0 aliphatic heterocycles. The summed E-state index contributed by atoms with van der Waals surface area (Å²) in [5.41, 5.74) is 2.83. The molecule has 0 aliphatic rings. The molecule has 2 rings (SSSR count). The summed E-state index contributed by atoms with van der Waals surface area (Å²) in [5.74, 6) is 1.51. The van der Waals surface area contributed by atoms with Crippen molar-refractivity contribution in [3.63, 3.8) is 0 Å². The van der Waals surface area contributed by atoms with Crippen molar-refractivity contribution in [3.8, 4) is 0 Å². The largest absolute Gasteiger partial charge is 0.456 e. The fourth-order valence-corrected chi connectivity index (χ4v) is 2.17. The van der Waals surface area contributed by atoms with Crippen LogP contribution >= 0.6 is 11.6 Å². The number of nitrogens with one attached hydrogen (secondary N) is 1. The van der Waals surface area contributed by atoms with Gasteiger partial charge in [0.15, 0.2) is 5.76 Å². The van der Waals surface area contributed by atoms with Crippen LogP contribution in [0.5, 0.6) is 0 Å². The molecule has 0 fully saturated rings. The van der Waals surface area contributed by atoms with E-state index in [4.69, 9.17) is 16.0 Å². The Morgan fingerprint density at radius 3 is 2.45 bits per heavy atom. The lowest BCUT2D eigenvalue weighted by Crippen LogP contribution is -2.10. The van der Waals surface area contributed by atoms with Gasteiger partial charge in [0.2, 0.25) is 0 Å². The summed E-state index contributed by atoms with van der Waals surface area (Å²) in [4.78, 5) is 12.1. The fraction of sp³-hybridized carbons (Fsp3) is 0.312. The van der Waals surface area contributed by atoms with Crippen LogP contribution in [0.4, 0.5) is 5.69 Å². The smallest absolute Gasteiger partial charge is 0.291 e. The zero-order chi connectivity index (χ0) is 14.7. The molecular formula is C16H18ClNO2. The first-order valence-electron chi connectivity index (χ1n) is 6.58. The van der Waals surface area contributed by atoms with Crippen LogP contribution in [0.3, 0.4) is 0 Å². The summed E-state index contributed by atoms with van der Waals surface area (Å²) >= 11 is 5.77. The van der Waals surface area contributed by atoms with E-state index in [0.29, 0.717) is 17.6 Å². The van der Waals surface area contributed by atoms with Crippen LogP contribution in [-0.4, -0.2) is 5.91 Å². The van der Waals surface area contributed by atoms with Crippen LogP contribution in [0.15, 0.2) is 34.7 Å². The number of hydrogen-bond donors (Lipinski definition) is 1. The molecular weight excluding hydrogens is 274 g/mol. The minimum absolute atomic E-state index is 0.262. The summed E-state index contributed by atoms with van der Waals surface area (Å²) in [5, 5.41) is 2.81. The monoisotopic (exact) mass is 291 g/mol. The minimum atomic E-state index is -0.262. The molecule has 2 aromatic rings. The van der Waals surface area contributed by atoms with E-state index in [0.717, 1.165) is 11.3 Å². The zero-order valence-electron chi connectivity index (χ0n) is 11.9. The third-order valence-corrected chi connectivity index (χ3v) is 3.51. The second-order valence-corrected chi connectivity index (χ2v) is 5.32. The predicted octanol–water partition coefficient (Wildman–Crippen LogP) is 4.70. The van der Waals surface area contributed by atoms with E-state index in [1.165, 1.54) is 5.56 Å². The van der Waals surface area contributed by atoms with Gasteiger partial charge in [-0.3, -0.25) is 4.79 Å². The molecule has 1 amide bonds. The Hall–Kier alpha value is -1.74. The lowest BCUT2D eigenvalue weighted by atomic mass is 10.0. The van der Waals surface area contributed by atoms with Crippen molar-refractivity contribution in [1.29, 1.82) is 0 Å². The van der Waals surface area contributed by atoms with Gasteiger partial charge in [0.1, 0.15) is 5.76 Å². The highest BCUT2D eigenvalue weighted by Gasteiger charge is 2.14. The Morgan fingerprint density at radius 1 is 1.30 bits per heavy atom. The zero-order valence-corrected chi connectivity index (χ0v) is 12.6. The van der Waals surface area contributed by atoms with Crippen molar-refractivity contribution in [3.05, 3.63) is 53.0 Å². The highest BCUT2D eigenvalue weighted by Crippen LogP contribution is 2.20. The molecule has 0 radical (unpaired) electrons. The standard InChI is InChI=1S/C16H18ClNO2/c1-10(2)12-4-6-14(7-5-12)18-16(19)15-8-13(9-17)11(3)20-15/h4-8,10H,9H2,1-3H3,(H,18,19). The molecule has 1 aromatic heterocycles. The lowest BCUT2D eigenvalue weighted by Gasteiger charge is -2.07. The number of furan rings is 1. The maximum Gasteiger partial charge on any atom is 0.291 e. The van der Waals surface area contributed by atoms with Crippen molar-refractivity contribution in [1.82, 2.24) is 0 Å². The van der Waals surface area contributed by atoms with Crippen LogP contribution in [0.1, 0.15) is 47.2 Å². The average molecular weight is 292 g/mol. The van der Waals surface area contributed by atoms with E-state index in [2.05, 4.69) is 19.2 Å². The van der Waals surface area contributed by atoms with Gasteiger partial charge in [-0.25, -0.2) is 0 Å². The quantitative estimate of drug-likeness (QED) is 0.830. The van der Waals surface area contributed by atoms with Crippen LogP contribution in [0, 0.1) is 6.92 Å². The van der Waals surface area contributed by atoms with Gasteiger partial charge >= 0.3 is 0 Å². The number of anilines is 1. The first-order valence-corrected chi connectivity index (χ1v) is 7.11. The average Bonchev–Trinajstić information content (AvgIpc) is 2.80. The topological polar surface area (TPSA) is 42.2 Å². The van der Waals surface area contributed by atoms with Crippen LogP contribution in [0.25, 0.3) is 0 Å². The summed E-state index contributed by atoms with van der Waals surface area (Å²) < 4.78 is 5.40. The number of carbonyl (C=O) groups excluding carboxylic acids is 1. The first-order chi connectivity index (χ1) is 9.51. The number of carbonyl (C=O) groups is 1. The number of halogens is 1. The molecule has 1 heterocycles. The van der Waals surface area contributed by atoms with E-state index in [9.17, 15) is 4.79 Å². The summed E-state index contributed by atoms with van der Waals surface area (Å²) in [6.07, 6.45) is 0. The Labute approximate surface area is 123 Å². The molecule has 106 valence electrons. The number of hydrogen-bond acceptors (Lipinski definition) is 2. The van der Waals surface area contributed by atoms with Crippen LogP contribution < -0.4 is 5.32 Å². The first kappa shape index (κ1) is 14.7. The van der Waals surface area contributed by atoms with Gasteiger partial charge in [-0.15, -0.1) is 11.6 Å². The van der Waals surface area contributed by atoms with Crippen molar-refractivity contribution < 1.29 is 9.21 Å². The predicted molar refractivity (Wildman–Crippen MR) is 81.5 cm³/mol. The number of benzene rings is 1. The Kier molecular flexibility index (Phi) is 4.50. The summed E-state index contributed by atoms with van der Waals surface area (Å²) in [6, 6.07) is 9.49. The Balaban J connectivity index is 2.10. The fourth-order valence-electron chi connectivity index (χ4n) is 1.91. The van der Waals surface area contributed by atoms with Crippen LogP contribution in [-0.2, 0) is 5.88 Å². The third kappa shape index (κ3) is 3.23. The van der Waals surface area contributed by atoms with Gasteiger partial charge in [0.25, 0.3) is 5.91 Å². The molecule has 0 spiro atoms. The van der Waals surface area contributed by atoms with Crippen LogP contribution in [0.2, 0.25) is 0 Å². The second-order valence-electron chi connectivity index (χ2n) is 5.06. The molecule has 1 aromatic carbocycles. The number of aryl methyl sites for hydroxylation is 1. The molecule has 0 saturated heterocycles. The van der Waals surface area contributed by atoms with E-state index in [1.807, 2.05) is 24.3 Å². The molecule has 0 aliphatic carbocycles. The maximum atomic E-state index is 12.1. The highest BCUT2D eigenvalue weighted by molar-refractivity contribution is 6.17. The molecule has 0 unspecified atom stereocenters. The van der Waals surface area contributed by atoms with Gasteiger partial charge in [0.05, 0.1) is 5.88 Å². The van der Waals surface area contributed by atoms with Crippen molar-refractivity contribution in [2.45, 2.75) is 32.6 Å². The number of alkyl halides is 1. The second kappa shape index (κ2) is 6.14. The maximum absolute atomic E-state index is 12.1. The third-order valence-electron chi connectivity index (χ3n) is 3.22. The summed E-state index contributed by atoms with van der Waals surface area (Å²) in [6.45, 7) is 6.06. The van der Waals surface area contributed by atoms with E-state index < -0.39 is 0 Å². The molecule has 0 saturated carbocycles. The number of amides is 1. The molecule has 4 heteroatoms. The van der Waals surface area contributed by atoms with Gasteiger partial charge in [0, 0.05) is 11.3 Å². The van der Waals surface area contributed by atoms with E-state index in [-0.39, 0.29) is 11.7 Å². The van der Waals surface area contributed by atoms with Crippen molar-refractivity contribution >= 4 is 23.2 Å². The highest BCUT2D eigenvalue weighted by atomic mass is 35.5. The molecule has 3 nitrogen and oxygen atoms in total. The minimum Gasteiger partial charge on any atom is -0.456 e. The summed E-state index contributed by atoms with van der Waals surface area (Å²) in [7, 11) is 0. The Morgan fingerprint density at radius 2 is 1.95 bits per heavy atom. The van der Waals surface area contributed by atoms with Gasteiger partial charge in [-0.1, -0.05) is 26.0 Å². The van der Waals surface area contributed by atoms with Gasteiger partial charge in [-0.2, -0.15) is 0 Å². The van der Waals surface area contributed by atoms with Crippen molar-refractivity contribution in [2.75, 3.05) is 5.32 Å². The van der Waals surface area contributed by atoms with E-state index >= 15 is 0 Å².